The van der Waals surface area contributed by atoms with E-state index in [4.69, 9.17) is 5.11 Å². The molecule has 1 aliphatic rings. The van der Waals surface area contributed by atoms with Crippen LogP contribution >= 0.6 is 0 Å². The number of halogens is 3. The van der Waals surface area contributed by atoms with Crippen LogP contribution in [0.25, 0.3) is 0 Å². The van der Waals surface area contributed by atoms with E-state index in [1.165, 1.54) is 13.1 Å². The number of hydrogen-bond donors (Lipinski definition) is 1. The maximum absolute atomic E-state index is 12.5. The summed E-state index contributed by atoms with van der Waals surface area (Å²) in [7, 11) is 1.39. The number of rotatable bonds is 2. The Balaban J connectivity index is 2.30. The van der Waals surface area contributed by atoms with Gasteiger partial charge in [0.05, 0.1) is 11.7 Å². The average molecular weight is 291 g/mol. The highest BCUT2D eigenvalue weighted by Gasteiger charge is 2.46. The third-order valence-corrected chi connectivity index (χ3v) is 3.22. The first kappa shape index (κ1) is 14.4. The van der Waals surface area contributed by atoms with Gasteiger partial charge in [0, 0.05) is 13.6 Å². The number of nitrogens with zero attached hydrogens (tertiary/aromatic N) is 3. The molecular formula is C11H12F3N3O3. The number of aromatic carboxylic acids is 1. The maximum Gasteiger partial charge on any atom is 0.471 e. The molecule has 0 spiro atoms. The monoisotopic (exact) mass is 291 g/mol. The van der Waals surface area contributed by atoms with Gasteiger partial charge in [-0.15, -0.1) is 0 Å². The van der Waals surface area contributed by atoms with Crippen LogP contribution in [-0.2, 0) is 11.8 Å². The minimum absolute atomic E-state index is 0.0119. The molecule has 9 heteroatoms. The van der Waals surface area contributed by atoms with E-state index in [0.717, 1.165) is 4.68 Å². The molecule has 1 aliphatic heterocycles. The molecule has 0 radical (unpaired) electrons. The largest absolute Gasteiger partial charge is 0.477 e. The van der Waals surface area contributed by atoms with Gasteiger partial charge >= 0.3 is 18.1 Å². The Hall–Kier alpha value is -2.06. The van der Waals surface area contributed by atoms with Gasteiger partial charge in [-0.2, -0.15) is 18.3 Å². The Kier molecular flexibility index (Phi) is 3.45. The minimum Gasteiger partial charge on any atom is -0.477 e. The normalized spacial score (nSPS) is 19.4. The molecule has 1 amide bonds. The summed E-state index contributed by atoms with van der Waals surface area (Å²) in [4.78, 5) is 22.9. The summed E-state index contributed by atoms with van der Waals surface area (Å²) in [5, 5.41) is 12.8. The Labute approximate surface area is 111 Å². The van der Waals surface area contributed by atoms with E-state index in [-0.39, 0.29) is 17.9 Å². The fourth-order valence-electron chi connectivity index (χ4n) is 2.33. The molecule has 0 aliphatic carbocycles. The van der Waals surface area contributed by atoms with Crippen molar-refractivity contribution in [2.24, 2.45) is 7.05 Å². The number of alkyl halides is 3. The van der Waals surface area contributed by atoms with E-state index in [1.807, 2.05) is 0 Å². The molecule has 0 saturated carbocycles. The van der Waals surface area contributed by atoms with Crippen molar-refractivity contribution >= 4 is 11.9 Å². The van der Waals surface area contributed by atoms with Crippen molar-refractivity contribution in [3.05, 3.63) is 17.5 Å². The highest BCUT2D eigenvalue weighted by Crippen LogP contribution is 2.34. The number of hydrogen-bond acceptors (Lipinski definition) is 3. The van der Waals surface area contributed by atoms with Crippen LogP contribution in [0.3, 0.4) is 0 Å². The van der Waals surface area contributed by atoms with E-state index < -0.39 is 24.1 Å². The number of carbonyl (C=O) groups is 2. The molecule has 1 saturated heterocycles. The molecule has 20 heavy (non-hydrogen) atoms. The third-order valence-electron chi connectivity index (χ3n) is 3.22. The zero-order chi connectivity index (χ0) is 15.1. The second kappa shape index (κ2) is 4.80. The molecule has 1 N–H and O–H groups in total. The quantitative estimate of drug-likeness (QED) is 0.892. The third kappa shape index (κ3) is 2.47. The molecule has 2 rings (SSSR count). The van der Waals surface area contributed by atoms with Gasteiger partial charge in [0.2, 0.25) is 0 Å². The first-order chi connectivity index (χ1) is 9.21. The smallest absolute Gasteiger partial charge is 0.471 e. The lowest BCUT2D eigenvalue weighted by Gasteiger charge is -2.24. The Bertz CT molecular complexity index is 553. The predicted molar refractivity (Wildman–Crippen MR) is 59.9 cm³/mol. The summed E-state index contributed by atoms with van der Waals surface area (Å²) in [6.45, 7) is -0.0119. The first-order valence-corrected chi connectivity index (χ1v) is 5.87. The Morgan fingerprint density at radius 1 is 1.45 bits per heavy atom. The van der Waals surface area contributed by atoms with E-state index >= 15 is 0 Å². The van der Waals surface area contributed by atoms with Crippen LogP contribution in [0.15, 0.2) is 6.07 Å². The SMILES string of the molecule is Cn1nc(C2CCCN2C(=O)C(F)(F)F)cc1C(=O)O. The van der Waals surface area contributed by atoms with Crippen LogP contribution in [0.4, 0.5) is 13.2 Å². The van der Waals surface area contributed by atoms with Crippen molar-refractivity contribution in [3.63, 3.8) is 0 Å². The number of aryl methyl sites for hydroxylation is 1. The van der Waals surface area contributed by atoms with Crippen molar-refractivity contribution in [1.29, 1.82) is 0 Å². The van der Waals surface area contributed by atoms with Crippen LogP contribution < -0.4 is 0 Å². The zero-order valence-electron chi connectivity index (χ0n) is 10.5. The van der Waals surface area contributed by atoms with Crippen molar-refractivity contribution in [1.82, 2.24) is 14.7 Å². The molecule has 6 nitrogen and oxygen atoms in total. The van der Waals surface area contributed by atoms with Crippen LogP contribution in [0.5, 0.6) is 0 Å². The molecule has 110 valence electrons. The fraction of sp³-hybridized carbons (Fsp3) is 0.545. The number of carbonyl (C=O) groups excluding carboxylic acids is 1. The minimum atomic E-state index is -4.94. The van der Waals surface area contributed by atoms with Gasteiger partial charge in [-0.3, -0.25) is 9.48 Å². The standard InChI is InChI=1S/C11H12F3N3O3/c1-16-8(9(18)19)5-6(15-16)7-3-2-4-17(7)10(20)11(12,13)14/h5,7H,2-4H2,1H3,(H,18,19). The molecule has 2 heterocycles. The van der Waals surface area contributed by atoms with Gasteiger partial charge in [-0.25, -0.2) is 4.79 Å². The maximum atomic E-state index is 12.5. The summed E-state index contributed by atoms with van der Waals surface area (Å²) in [5.74, 6) is -3.14. The topological polar surface area (TPSA) is 75.4 Å². The predicted octanol–water partition coefficient (Wildman–Crippen LogP) is 1.34. The number of carboxylic acid groups (broad SMARTS) is 1. The second-order valence-electron chi connectivity index (χ2n) is 4.54. The van der Waals surface area contributed by atoms with Gasteiger partial charge < -0.3 is 10.0 Å². The fourth-order valence-corrected chi connectivity index (χ4v) is 2.33. The number of likely N-dealkylation sites (tertiary alicyclic amines) is 1. The molecule has 1 unspecified atom stereocenters. The first-order valence-electron chi connectivity index (χ1n) is 5.87. The van der Waals surface area contributed by atoms with Crippen LogP contribution in [0.2, 0.25) is 0 Å². The van der Waals surface area contributed by atoms with Crippen molar-refractivity contribution in [2.75, 3.05) is 6.54 Å². The van der Waals surface area contributed by atoms with Gasteiger partial charge in [0.25, 0.3) is 0 Å². The van der Waals surface area contributed by atoms with E-state index in [2.05, 4.69) is 5.10 Å². The summed E-state index contributed by atoms with van der Waals surface area (Å²) in [6, 6.07) is 0.373. The summed E-state index contributed by atoms with van der Waals surface area (Å²) >= 11 is 0. The van der Waals surface area contributed by atoms with Crippen molar-refractivity contribution in [2.45, 2.75) is 25.1 Å². The molecule has 1 fully saturated rings. The Morgan fingerprint density at radius 2 is 2.10 bits per heavy atom. The molecule has 1 aromatic heterocycles. The molecule has 0 aromatic carbocycles. The highest BCUT2D eigenvalue weighted by atomic mass is 19.4. The van der Waals surface area contributed by atoms with Gasteiger partial charge in [0.15, 0.2) is 0 Å². The number of aromatic nitrogens is 2. The molecule has 1 aromatic rings. The van der Waals surface area contributed by atoms with Gasteiger partial charge in [-0.05, 0) is 18.9 Å². The van der Waals surface area contributed by atoms with Crippen molar-refractivity contribution in [3.8, 4) is 0 Å². The van der Waals surface area contributed by atoms with E-state index in [0.29, 0.717) is 17.7 Å². The lowest BCUT2D eigenvalue weighted by Crippen LogP contribution is -2.40. The average Bonchev–Trinajstić information content (AvgIpc) is 2.92. The number of amides is 1. The number of carboxylic acids is 1. The molecule has 1 atom stereocenters. The summed E-state index contributed by atoms with van der Waals surface area (Å²) in [5.41, 5.74) is 0.0336. The molecular weight excluding hydrogens is 279 g/mol. The van der Waals surface area contributed by atoms with Gasteiger partial charge in [-0.1, -0.05) is 0 Å². The molecule has 0 bridgehead atoms. The van der Waals surface area contributed by atoms with Crippen LogP contribution in [0.1, 0.15) is 35.1 Å². The summed E-state index contributed by atoms with van der Waals surface area (Å²) in [6.07, 6.45) is -4.18. The summed E-state index contributed by atoms with van der Waals surface area (Å²) < 4.78 is 38.6. The van der Waals surface area contributed by atoms with Crippen LogP contribution in [0, 0.1) is 0 Å². The van der Waals surface area contributed by atoms with E-state index in [1.54, 1.807) is 0 Å². The zero-order valence-corrected chi connectivity index (χ0v) is 10.5. The Morgan fingerprint density at radius 3 is 2.60 bits per heavy atom. The lowest BCUT2D eigenvalue weighted by atomic mass is 10.1. The second-order valence-corrected chi connectivity index (χ2v) is 4.54. The van der Waals surface area contributed by atoms with Crippen molar-refractivity contribution < 1.29 is 27.9 Å². The van der Waals surface area contributed by atoms with Crippen LogP contribution in [-0.4, -0.2) is 44.4 Å². The van der Waals surface area contributed by atoms with E-state index in [9.17, 15) is 22.8 Å². The van der Waals surface area contributed by atoms with Gasteiger partial charge in [0.1, 0.15) is 5.69 Å². The lowest BCUT2D eigenvalue weighted by molar-refractivity contribution is -0.186. The highest BCUT2D eigenvalue weighted by molar-refractivity contribution is 5.86.